The zero-order valence-corrected chi connectivity index (χ0v) is 14.9. The number of rotatable bonds is 2. The summed E-state index contributed by atoms with van der Waals surface area (Å²) in [6.45, 7) is 15.0. The van der Waals surface area contributed by atoms with E-state index in [9.17, 15) is 5.11 Å². The van der Waals surface area contributed by atoms with E-state index >= 15 is 0 Å². The Hall–Kier alpha value is -0.483. The van der Waals surface area contributed by atoms with Crippen molar-refractivity contribution in [3.63, 3.8) is 0 Å². The molecular weight excluding hydrogens is 308 g/mol. The van der Waals surface area contributed by atoms with Crippen molar-refractivity contribution in [1.29, 1.82) is 0 Å². The summed E-state index contributed by atoms with van der Waals surface area (Å²) in [7, 11) is -1.86. The number of phenolic OH excluding ortho intramolecular Hbond substituents is 1. The predicted molar refractivity (Wildman–Crippen MR) is 83.1 cm³/mol. The molecule has 1 rings (SSSR count). The van der Waals surface area contributed by atoms with Crippen molar-refractivity contribution in [2.75, 3.05) is 0 Å². The van der Waals surface area contributed by atoms with Crippen LogP contribution in [0.4, 0.5) is 0 Å². The van der Waals surface area contributed by atoms with E-state index in [4.69, 9.17) is 4.43 Å². The number of hydrogen-bond donors (Lipinski definition) is 1. The number of hydrogen-bond acceptors (Lipinski definition) is 2. The monoisotopic (exact) mass is 330 g/mol. The summed E-state index contributed by atoms with van der Waals surface area (Å²) in [6, 6.07) is 1.71. The Morgan fingerprint density at radius 2 is 1.67 bits per heavy atom. The summed E-state index contributed by atoms with van der Waals surface area (Å²) in [4.78, 5) is 0. The van der Waals surface area contributed by atoms with Gasteiger partial charge in [0.1, 0.15) is 11.5 Å². The number of benzene rings is 1. The summed E-state index contributed by atoms with van der Waals surface area (Å²) in [6.07, 6.45) is 0. The van der Waals surface area contributed by atoms with Crippen LogP contribution in [-0.4, -0.2) is 13.4 Å². The first-order chi connectivity index (χ1) is 7.97. The van der Waals surface area contributed by atoms with Gasteiger partial charge in [0, 0.05) is 0 Å². The molecule has 0 saturated heterocycles. The van der Waals surface area contributed by atoms with Gasteiger partial charge in [-0.25, -0.2) is 0 Å². The van der Waals surface area contributed by atoms with Crippen LogP contribution in [-0.2, 0) is 0 Å². The zero-order valence-electron chi connectivity index (χ0n) is 12.3. The van der Waals surface area contributed by atoms with Crippen molar-refractivity contribution >= 4 is 24.2 Å². The van der Waals surface area contributed by atoms with Gasteiger partial charge < -0.3 is 9.53 Å². The molecule has 1 N–H and O–H groups in total. The average molecular weight is 331 g/mol. The van der Waals surface area contributed by atoms with E-state index in [1.54, 1.807) is 6.07 Å². The lowest BCUT2D eigenvalue weighted by Gasteiger charge is -2.37. The molecule has 0 bridgehead atoms. The molecule has 1 aromatic rings. The topological polar surface area (TPSA) is 29.5 Å². The highest BCUT2D eigenvalue weighted by atomic mass is 79.9. The predicted octanol–water partition coefficient (Wildman–Crippen LogP) is 5.16. The largest absolute Gasteiger partial charge is 0.543 e. The van der Waals surface area contributed by atoms with Gasteiger partial charge in [0.05, 0.1) is 4.47 Å². The molecule has 0 aliphatic rings. The Labute approximate surface area is 120 Å². The van der Waals surface area contributed by atoms with E-state index in [0.717, 1.165) is 21.3 Å². The van der Waals surface area contributed by atoms with Crippen molar-refractivity contribution in [1.82, 2.24) is 0 Å². The summed E-state index contributed by atoms with van der Waals surface area (Å²) in [5.41, 5.74) is 1.89. The van der Waals surface area contributed by atoms with Crippen LogP contribution >= 0.6 is 15.9 Å². The molecule has 0 saturated carbocycles. The lowest BCUT2D eigenvalue weighted by molar-refractivity contribution is 0.461. The van der Waals surface area contributed by atoms with Crippen LogP contribution in [0.2, 0.25) is 18.1 Å². The maximum atomic E-state index is 9.79. The summed E-state index contributed by atoms with van der Waals surface area (Å²) in [5.74, 6) is 1.18. The molecule has 0 aliphatic carbocycles. The van der Waals surface area contributed by atoms with Crippen molar-refractivity contribution in [3.05, 3.63) is 21.7 Å². The number of phenols is 1. The summed E-state index contributed by atoms with van der Waals surface area (Å²) < 4.78 is 7.17. The van der Waals surface area contributed by atoms with Gasteiger partial charge in [-0.3, -0.25) is 0 Å². The van der Waals surface area contributed by atoms with Crippen LogP contribution in [0.25, 0.3) is 0 Å². The molecule has 2 nitrogen and oxygen atoms in total. The van der Waals surface area contributed by atoms with Gasteiger partial charge >= 0.3 is 0 Å². The Kier molecular flexibility index (Phi) is 4.23. The minimum absolute atomic E-state index is 0.157. The highest BCUT2D eigenvalue weighted by Crippen LogP contribution is 2.42. The SMILES string of the molecule is Cc1c(O)cc(Br)c(O[Si](C)(C)C(C)(C)C)c1C. The number of halogens is 1. The van der Waals surface area contributed by atoms with Gasteiger partial charge in [0.25, 0.3) is 8.32 Å². The fourth-order valence-corrected chi connectivity index (χ4v) is 3.19. The molecule has 0 amide bonds. The highest BCUT2D eigenvalue weighted by molar-refractivity contribution is 9.10. The van der Waals surface area contributed by atoms with Gasteiger partial charge in [-0.2, -0.15) is 0 Å². The molecule has 0 heterocycles. The third-order valence-corrected chi connectivity index (χ3v) is 8.85. The van der Waals surface area contributed by atoms with E-state index in [0.29, 0.717) is 5.75 Å². The molecule has 0 radical (unpaired) electrons. The first-order valence-corrected chi connectivity index (χ1v) is 9.85. The van der Waals surface area contributed by atoms with Crippen molar-refractivity contribution in [2.24, 2.45) is 0 Å². The standard InChI is InChI=1S/C14H23BrO2Si/c1-9-10(2)13(11(15)8-12(9)16)17-18(6,7)14(3,4)5/h8,16H,1-7H3. The maximum absolute atomic E-state index is 9.79. The Morgan fingerprint density at radius 1 is 1.17 bits per heavy atom. The van der Waals surface area contributed by atoms with Crippen molar-refractivity contribution in [2.45, 2.75) is 52.8 Å². The summed E-state index contributed by atoms with van der Waals surface area (Å²) in [5, 5.41) is 9.95. The minimum Gasteiger partial charge on any atom is -0.543 e. The van der Waals surface area contributed by atoms with Gasteiger partial charge in [-0.1, -0.05) is 20.8 Å². The first kappa shape index (κ1) is 15.6. The van der Waals surface area contributed by atoms with Crippen LogP contribution < -0.4 is 4.43 Å². The van der Waals surface area contributed by atoms with E-state index in [2.05, 4.69) is 49.8 Å². The van der Waals surface area contributed by atoms with E-state index < -0.39 is 8.32 Å². The molecular formula is C14H23BrO2Si. The molecule has 4 heteroatoms. The first-order valence-electron chi connectivity index (χ1n) is 6.15. The smallest absolute Gasteiger partial charge is 0.250 e. The lowest BCUT2D eigenvalue weighted by atomic mass is 10.1. The average Bonchev–Trinajstić information content (AvgIpc) is 2.20. The normalized spacial score (nSPS) is 12.7. The Morgan fingerprint density at radius 3 is 2.11 bits per heavy atom. The molecule has 18 heavy (non-hydrogen) atoms. The zero-order chi connectivity index (χ0) is 14.3. The molecule has 1 aromatic carbocycles. The third kappa shape index (κ3) is 2.91. The highest BCUT2D eigenvalue weighted by Gasteiger charge is 2.39. The molecule has 0 aromatic heterocycles. The molecule has 0 unspecified atom stereocenters. The van der Waals surface area contributed by atoms with Crippen LogP contribution in [0.5, 0.6) is 11.5 Å². The fourth-order valence-electron chi connectivity index (χ4n) is 1.37. The van der Waals surface area contributed by atoms with E-state index in [-0.39, 0.29) is 5.04 Å². The van der Waals surface area contributed by atoms with Gasteiger partial charge in [-0.05, 0) is 65.1 Å². The van der Waals surface area contributed by atoms with E-state index in [1.807, 2.05) is 13.8 Å². The van der Waals surface area contributed by atoms with Crippen LogP contribution in [0.15, 0.2) is 10.5 Å². The lowest BCUT2D eigenvalue weighted by Crippen LogP contribution is -2.44. The second kappa shape index (κ2) is 4.89. The van der Waals surface area contributed by atoms with Crippen molar-refractivity contribution in [3.8, 4) is 11.5 Å². The van der Waals surface area contributed by atoms with Crippen LogP contribution in [0.1, 0.15) is 31.9 Å². The Balaban J connectivity index is 3.25. The summed E-state index contributed by atoms with van der Waals surface area (Å²) >= 11 is 3.49. The molecule has 0 spiro atoms. The number of aromatic hydroxyl groups is 1. The van der Waals surface area contributed by atoms with E-state index in [1.165, 1.54) is 0 Å². The van der Waals surface area contributed by atoms with Gasteiger partial charge in [0.2, 0.25) is 0 Å². The quantitative estimate of drug-likeness (QED) is 0.759. The Bertz CT molecular complexity index is 462. The van der Waals surface area contributed by atoms with Crippen LogP contribution in [0.3, 0.4) is 0 Å². The fraction of sp³-hybridized carbons (Fsp3) is 0.571. The molecule has 0 atom stereocenters. The molecule has 102 valence electrons. The van der Waals surface area contributed by atoms with Crippen molar-refractivity contribution < 1.29 is 9.53 Å². The third-order valence-electron chi connectivity index (χ3n) is 3.93. The minimum atomic E-state index is -1.86. The second-order valence-corrected chi connectivity index (χ2v) is 11.9. The second-order valence-electron chi connectivity index (χ2n) is 6.32. The maximum Gasteiger partial charge on any atom is 0.250 e. The molecule has 0 aliphatic heterocycles. The van der Waals surface area contributed by atoms with Crippen LogP contribution in [0, 0.1) is 13.8 Å². The molecule has 0 fully saturated rings. The van der Waals surface area contributed by atoms with Gasteiger partial charge in [0.15, 0.2) is 0 Å². The van der Waals surface area contributed by atoms with Gasteiger partial charge in [-0.15, -0.1) is 0 Å².